The summed E-state index contributed by atoms with van der Waals surface area (Å²) in [7, 11) is 0. The van der Waals surface area contributed by atoms with Crippen molar-refractivity contribution in [3.8, 4) is 0 Å². The molecule has 4 rings (SSSR count). The van der Waals surface area contributed by atoms with E-state index in [1.807, 2.05) is 0 Å². The van der Waals surface area contributed by atoms with Crippen molar-refractivity contribution in [3.05, 3.63) is 95.3 Å². The van der Waals surface area contributed by atoms with Gasteiger partial charge in [-0.1, -0.05) is 24.3 Å². The van der Waals surface area contributed by atoms with Gasteiger partial charge in [0.15, 0.2) is 0 Å². The van der Waals surface area contributed by atoms with Crippen LogP contribution in [-0.2, 0) is 6.54 Å². The number of benzene rings is 3. The first-order valence-electron chi connectivity index (χ1n) is 10.1. The van der Waals surface area contributed by atoms with Gasteiger partial charge in [-0.15, -0.1) is 0 Å². The highest BCUT2D eigenvalue weighted by molar-refractivity contribution is 6.07. The zero-order valence-electron chi connectivity index (χ0n) is 17.0. The minimum Gasteiger partial charge on any atom is -0.320 e. The second kappa shape index (κ2) is 9.13. The molecule has 0 radical (unpaired) electrons. The Morgan fingerprint density at radius 1 is 0.906 bits per heavy atom. The van der Waals surface area contributed by atoms with Gasteiger partial charge in [0, 0.05) is 25.7 Å². The van der Waals surface area contributed by atoms with Gasteiger partial charge in [-0.2, -0.15) is 0 Å². The molecule has 32 heavy (non-hydrogen) atoms. The molecule has 0 bridgehead atoms. The first kappa shape index (κ1) is 21.4. The summed E-state index contributed by atoms with van der Waals surface area (Å²) < 4.78 is 41.1. The predicted molar refractivity (Wildman–Crippen MR) is 115 cm³/mol. The predicted octanol–water partition coefficient (Wildman–Crippen LogP) is 5.19. The third-order valence-corrected chi connectivity index (χ3v) is 5.17. The van der Waals surface area contributed by atoms with Gasteiger partial charge in [0.1, 0.15) is 17.5 Å². The highest BCUT2D eigenvalue weighted by Gasteiger charge is 2.29. The van der Waals surface area contributed by atoms with Crippen LogP contribution in [0.3, 0.4) is 0 Å². The number of nitrogens with one attached hydrogen (secondary N) is 1. The number of para-hydroxylation sites is 2. The fourth-order valence-electron chi connectivity index (χ4n) is 3.72. The maximum Gasteiger partial charge on any atom is 0.324 e. The third kappa shape index (κ3) is 4.59. The molecule has 3 aromatic rings. The largest absolute Gasteiger partial charge is 0.324 e. The minimum absolute atomic E-state index is 0.0494. The average Bonchev–Trinajstić information content (AvgIpc) is 2.75. The van der Waals surface area contributed by atoms with Gasteiger partial charge in [0.05, 0.1) is 16.9 Å². The number of amides is 3. The number of rotatable bonds is 5. The molecular formula is C24H20F3N3O2. The molecule has 0 aliphatic carbocycles. The highest BCUT2D eigenvalue weighted by atomic mass is 19.1. The molecule has 1 saturated heterocycles. The molecule has 1 fully saturated rings. The fourth-order valence-corrected chi connectivity index (χ4v) is 3.72. The molecule has 1 N–H and O–H groups in total. The van der Waals surface area contributed by atoms with E-state index in [1.165, 1.54) is 40.1 Å². The molecule has 5 nitrogen and oxygen atoms in total. The van der Waals surface area contributed by atoms with Crippen LogP contribution >= 0.6 is 0 Å². The van der Waals surface area contributed by atoms with E-state index in [2.05, 4.69) is 5.32 Å². The van der Waals surface area contributed by atoms with Crippen molar-refractivity contribution in [2.75, 3.05) is 23.3 Å². The van der Waals surface area contributed by atoms with Crippen LogP contribution in [0.4, 0.5) is 29.3 Å². The van der Waals surface area contributed by atoms with Crippen LogP contribution in [0.15, 0.2) is 66.7 Å². The first-order valence-corrected chi connectivity index (χ1v) is 10.1. The Morgan fingerprint density at radius 2 is 1.59 bits per heavy atom. The van der Waals surface area contributed by atoms with Crippen molar-refractivity contribution in [1.29, 1.82) is 0 Å². The summed E-state index contributed by atoms with van der Waals surface area (Å²) in [5.41, 5.74) is 1.05. The van der Waals surface area contributed by atoms with E-state index in [9.17, 15) is 22.8 Å². The maximum absolute atomic E-state index is 14.0. The number of anilines is 2. The Labute approximate surface area is 183 Å². The molecular weight excluding hydrogens is 419 g/mol. The topological polar surface area (TPSA) is 52.7 Å². The fraction of sp³-hybridized carbons (Fsp3) is 0.167. The second-order valence-electron chi connectivity index (χ2n) is 7.44. The summed E-state index contributed by atoms with van der Waals surface area (Å²) in [6.07, 6.45) is 0.624. The van der Waals surface area contributed by atoms with Gasteiger partial charge in [0.2, 0.25) is 0 Å². The van der Waals surface area contributed by atoms with Crippen LogP contribution in [0.1, 0.15) is 22.3 Å². The maximum atomic E-state index is 14.0. The number of halogens is 3. The number of carbonyl (C=O) groups excluding carboxylic acids is 2. The molecule has 0 spiro atoms. The van der Waals surface area contributed by atoms with E-state index in [4.69, 9.17) is 0 Å². The lowest BCUT2D eigenvalue weighted by Gasteiger charge is -2.36. The van der Waals surface area contributed by atoms with Gasteiger partial charge >= 0.3 is 6.03 Å². The summed E-state index contributed by atoms with van der Waals surface area (Å²) in [6.45, 7) is 0.879. The minimum atomic E-state index is -0.706. The van der Waals surface area contributed by atoms with Crippen molar-refractivity contribution in [3.63, 3.8) is 0 Å². The zero-order chi connectivity index (χ0) is 22.7. The molecule has 1 aliphatic rings. The monoisotopic (exact) mass is 439 g/mol. The standard InChI is InChI=1S/C24H20F3N3O2/c25-17-12-16(13-18(26)14-17)15-29-10-5-11-30(24(29)32)22-9-4-3-8-21(22)28-23(31)19-6-1-2-7-20(19)27/h1-4,6-9,12-14H,5,10-11,15H2,(H,28,31). The SMILES string of the molecule is O=C(Nc1ccccc1N1CCCN(Cc2cc(F)cc(F)c2)C1=O)c1ccccc1F. The lowest BCUT2D eigenvalue weighted by molar-refractivity contribution is 0.102. The van der Waals surface area contributed by atoms with Gasteiger partial charge in [-0.3, -0.25) is 9.69 Å². The Bertz CT molecular complexity index is 1150. The molecule has 1 aliphatic heterocycles. The normalized spacial score (nSPS) is 13.9. The highest BCUT2D eigenvalue weighted by Crippen LogP contribution is 2.30. The molecule has 0 unspecified atom stereocenters. The van der Waals surface area contributed by atoms with E-state index in [1.54, 1.807) is 30.3 Å². The Morgan fingerprint density at radius 3 is 2.34 bits per heavy atom. The van der Waals surface area contributed by atoms with E-state index in [0.717, 1.165) is 6.07 Å². The second-order valence-corrected chi connectivity index (χ2v) is 7.44. The van der Waals surface area contributed by atoms with Crippen molar-refractivity contribution in [1.82, 2.24) is 4.90 Å². The third-order valence-electron chi connectivity index (χ3n) is 5.17. The lowest BCUT2D eigenvalue weighted by atomic mass is 10.1. The van der Waals surface area contributed by atoms with Gasteiger partial charge in [-0.05, 0) is 48.4 Å². The van der Waals surface area contributed by atoms with Crippen LogP contribution in [-0.4, -0.2) is 29.9 Å². The first-order chi connectivity index (χ1) is 15.4. The summed E-state index contributed by atoms with van der Waals surface area (Å²) in [6, 6.07) is 15.2. The van der Waals surface area contributed by atoms with Gasteiger partial charge in [-0.25, -0.2) is 18.0 Å². The van der Waals surface area contributed by atoms with E-state index in [-0.39, 0.29) is 18.1 Å². The van der Waals surface area contributed by atoms with Crippen molar-refractivity contribution in [2.24, 2.45) is 0 Å². The van der Waals surface area contributed by atoms with E-state index < -0.39 is 23.4 Å². The smallest absolute Gasteiger partial charge is 0.320 e. The average molecular weight is 439 g/mol. The molecule has 3 amide bonds. The van der Waals surface area contributed by atoms with Gasteiger partial charge in [0.25, 0.3) is 5.91 Å². The lowest BCUT2D eigenvalue weighted by Crippen LogP contribution is -2.49. The van der Waals surface area contributed by atoms with Crippen LogP contribution in [0.5, 0.6) is 0 Å². The Balaban J connectivity index is 1.56. The molecule has 0 atom stereocenters. The summed E-state index contributed by atoms with van der Waals surface area (Å²) in [5.74, 6) is -2.69. The number of hydrogen-bond donors (Lipinski definition) is 1. The van der Waals surface area contributed by atoms with Crippen LogP contribution in [0.25, 0.3) is 0 Å². The van der Waals surface area contributed by atoms with Crippen molar-refractivity contribution < 1.29 is 22.8 Å². The summed E-state index contributed by atoms with van der Waals surface area (Å²) in [5, 5.41) is 2.67. The van der Waals surface area contributed by atoms with E-state index in [0.29, 0.717) is 36.4 Å². The van der Waals surface area contributed by atoms with Crippen molar-refractivity contribution >= 4 is 23.3 Å². The Hall–Kier alpha value is -3.81. The number of urea groups is 1. The summed E-state index contributed by atoms with van der Waals surface area (Å²) in [4.78, 5) is 28.7. The zero-order valence-corrected chi connectivity index (χ0v) is 17.0. The quantitative estimate of drug-likeness (QED) is 0.595. The molecule has 8 heteroatoms. The van der Waals surface area contributed by atoms with Crippen LogP contribution < -0.4 is 10.2 Å². The van der Waals surface area contributed by atoms with Crippen LogP contribution in [0, 0.1) is 17.5 Å². The molecule has 164 valence electrons. The number of nitrogens with zero attached hydrogens (tertiary/aromatic N) is 2. The molecule has 0 aromatic heterocycles. The Kier molecular flexibility index (Phi) is 6.11. The molecule has 3 aromatic carbocycles. The number of hydrogen-bond acceptors (Lipinski definition) is 2. The van der Waals surface area contributed by atoms with Gasteiger partial charge < -0.3 is 10.2 Å². The molecule has 1 heterocycles. The molecule has 0 saturated carbocycles. The van der Waals surface area contributed by atoms with E-state index >= 15 is 0 Å². The summed E-state index contributed by atoms with van der Waals surface area (Å²) >= 11 is 0. The van der Waals surface area contributed by atoms with Crippen molar-refractivity contribution in [2.45, 2.75) is 13.0 Å². The van der Waals surface area contributed by atoms with Crippen LogP contribution in [0.2, 0.25) is 0 Å². The number of carbonyl (C=O) groups is 2.